The van der Waals surface area contributed by atoms with Gasteiger partial charge in [-0.1, -0.05) is 28.9 Å². The third-order valence-corrected chi connectivity index (χ3v) is 6.07. The van der Waals surface area contributed by atoms with Crippen molar-refractivity contribution in [2.45, 2.75) is 25.8 Å². The highest BCUT2D eigenvalue weighted by molar-refractivity contribution is 14.0. The van der Waals surface area contributed by atoms with Gasteiger partial charge in [-0.3, -0.25) is 4.99 Å². The minimum Gasteiger partial charge on any atom is -0.357 e. The summed E-state index contributed by atoms with van der Waals surface area (Å²) in [6.45, 7) is 3.08. The number of hydrogen-bond acceptors (Lipinski definition) is 6. The molecule has 1 saturated heterocycles. The SMILES string of the molecule is CCNC(=NCCc1nc(-c2cccc(Cl)c2)no1)NC1CCS(=O)(=O)C1.I. The second-order valence-electron chi connectivity index (χ2n) is 6.28. The predicted molar refractivity (Wildman–Crippen MR) is 120 cm³/mol. The molecule has 0 amide bonds. The Hall–Kier alpha value is -1.40. The molecule has 1 aromatic heterocycles. The van der Waals surface area contributed by atoms with Crippen LogP contribution in [0.5, 0.6) is 0 Å². The summed E-state index contributed by atoms with van der Waals surface area (Å²) >= 11 is 5.98. The van der Waals surface area contributed by atoms with Crippen LogP contribution in [0.25, 0.3) is 11.4 Å². The van der Waals surface area contributed by atoms with E-state index >= 15 is 0 Å². The van der Waals surface area contributed by atoms with E-state index in [1.807, 2.05) is 19.1 Å². The third kappa shape index (κ3) is 6.59. The van der Waals surface area contributed by atoms with Crippen LogP contribution in [0.1, 0.15) is 19.2 Å². The Morgan fingerprint density at radius 1 is 1.43 bits per heavy atom. The molecule has 1 aliphatic rings. The molecule has 2 aromatic rings. The molecule has 0 aliphatic carbocycles. The molecule has 28 heavy (non-hydrogen) atoms. The number of halogens is 2. The van der Waals surface area contributed by atoms with Crippen LogP contribution >= 0.6 is 35.6 Å². The van der Waals surface area contributed by atoms with Crippen LogP contribution in [0.3, 0.4) is 0 Å². The molecule has 1 aromatic carbocycles. The van der Waals surface area contributed by atoms with Crippen LogP contribution in [0.2, 0.25) is 5.02 Å². The Labute approximate surface area is 186 Å². The second-order valence-corrected chi connectivity index (χ2v) is 8.94. The van der Waals surface area contributed by atoms with Gasteiger partial charge in [0.1, 0.15) is 0 Å². The molecule has 0 spiro atoms. The quantitative estimate of drug-likeness (QED) is 0.329. The number of nitrogens with zero attached hydrogens (tertiary/aromatic N) is 3. The highest BCUT2D eigenvalue weighted by Gasteiger charge is 2.28. The Balaban J connectivity index is 0.00000280. The summed E-state index contributed by atoms with van der Waals surface area (Å²) in [7, 11) is -2.93. The van der Waals surface area contributed by atoms with Gasteiger partial charge in [-0.2, -0.15) is 4.98 Å². The van der Waals surface area contributed by atoms with Gasteiger partial charge < -0.3 is 15.2 Å². The molecule has 8 nitrogen and oxygen atoms in total. The van der Waals surface area contributed by atoms with E-state index in [0.717, 1.165) is 5.56 Å². The lowest BCUT2D eigenvalue weighted by atomic mass is 10.2. The lowest BCUT2D eigenvalue weighted by Gasteiger charge is -2.15. The van der Waals surface area contributed by atoms with Crippen LogP contribution in [0.15, 0.2) is 33.8 Å². The van der Waals surface area contributed by atoms with Gasteiger partial charge in [0, 0.05) is 29.6 Å². The Morgan fingerprint density at radius 3 is 2.93 bits per heavy atom. The Kier molecular flexibility index (Phi) is 8.50. The summed E-state index contributed by atoms with van der Waals surface area (Å²) in [6.07, 6.45) is 1.08. The minimum absolute atomic E-state index is 0. The van der Waals surface area contributed by atoms with Gasteiger partial charge in [-0.25, -0.2) is 8.42 Å². The van der Waals surface area contributed by atoms with Crippen molar-refractivity contribution in [1.82, 2.24) is 20.8 Å². The van der Waals surface area contributed by atoms with Crippen LogP contribution in [0.4, 0.5) is 0 Å². The molecule has 1 aliphatic heterocycles. The van der Waals surface area contributed by atoms with E-state index in [9.17, 15) is 8.42 Å². The van der Waals surface area contributed by atoms with Crippen molar-refractivity contribution < 1.29 is 12.9 Å². The fourth-order valence-corrected chi connectivity index (χ4v) is 4.65. The van der Waals surface area contributed by atoms with Gasteiger partial charge in [-0.05, 0) is 25.5 Å². The summed E-state index contributed by atoms with van der Waals surface area (Å²) < 4.78 is 28.4. The van der Waals surface area contributed by atoms with E-state index in [1.54, 1.807) is 12.1 Å². The maximum Gasteiger partial charge on any atom is 0.228 e. The lowest BCUT2D eigenvalue weighted by molar-refractivity contribution is 0.380. The van der Waals surface area contributed by atoms with E-state index in [4.69, 9.17) is 16.1 Å². The molecule has 0 saturated carbocycles. The third-order valence-electron chi connectivity index (χ3n) is 4.06. The monoisotopic (exact) mass is 539 g/mol. The van der Waals surface area contributed by atoms with E-state index in [2.05, 4.69) is 25.8 Å². The fraction of sp³-hybridized carbons (Fsp3) is 0.471. The van der Waals surface area contributed by atoms with E-state index in [-0.39, 0.29) is 41.5 Å². The molecule has 1 fully saturated rings. The zero-order chi connectivity index (χ0) is 19.3. The summed E-state index contributed by atoms with van der Waals surface area (Å²) in [4.78, 5) is 8.83. The average molecular weight is 540 g/mol. The summed E-state index contributed by atoms with van der Waals surface area (Å²) in [5.41, 5.74) is 0.790. The van der Waals surface area contributed by atoms with Gasteiger partial charge in [-0.15, -0.1) is 24.0 Å². The molecule has 11 heteroatoms. The summed E-state index contributed by atoms with van der Waals surface area (Å²) in [6, 6.07) is 7.14. The number of aliphatic imine (C=N–C) groups is 1. The summed E-state index contributed by atoms with van der Waals surface area (Å²) in [5, 5.41) is 10.9. The Morgan fingerprint density at radius 2 is 2.25 bits per heavy atom. The summed E-state index contributed by atoms with van der Waals surface area (Å²) in [5.74, 6) is 1.92. The normalized spacial score (nSPS) is 18.5. The smallest absolute Gasteiger partial charge is 0.228 e. The molecular formula is C17H23ClIN5O3S. The molecule has 0 bridgehead atoms. The van der Waals surface area contributed by atoms with Crippen LogP contribution in [-0.2, 0) is 16.3 Å². The fourth-order valence-electron chi connectivity index (χ4n) is 2.79. The van der Waals surface area contributed by atoms with E-state index < -0.39 is 9.84 Å². The van der Waals surface area contributed by atoms with Crippen molar-refractivity contribution >= 4 is 51.4 Å². The van der Waals surface area contributed by atoms with Crippen molar-refractivity contribution in [3.05, 3.63) is 35.2 Å². The minimum atomic E-state index is -2.93. The molecule has 2 heterocycles. The van der Waals surface area contributed by atoms with Crippen molar-refractivity contribution in [3.8, 4) is 11.4 Å². The number of guanidine groups is 1. The molecule has 1 unspecified atom stereocenters. The number of rotatable bonds is 6. The molecule has 2 N–H and O–H groups in total. The van der Waals surface area contributed by atoms with E-state index in [0.29, 0.717) is 48.6 Å². The van der Waals surface area contributed by atoms with Gasteiger partial charge >= 0.3 is 0 Å². The highest BCUT2D eigenvalue weighted by Crippen LogP contribution is 2.20. The first-order valence-corrected chi connectivity index (χ1v) is 11.0. The molecule has 3 rings (SSSR count). The molecule has 154 valence electrons. The highest BCUT2D eigenvalue weighted by atomic mass is 127. The van der Waals surface area contributed by atoms with Crippen LogP contribution < -0.4 is 10.6 Å². The molecular weight excluding hydrogens is 517 g/mol. The van der Waals surface area contributed by atoms with Crippen LogP contribution in [0, 0.1) is 0 Å². The Bertz CT molecular complexity index is 919. The first kappa shape index (κ1) is 22.9. The van der Waals surface area contributed by atoms with Crippen molar-refractivity contribution in [2.75, 3.05) is 24.6 Å². The van der Waals surface area contributed by atoms with Crippen LogP contribution in [-0.4, -0.2) is 55.2 Å². The van der Waals surface area contributed by atoms with Crippen molar-refractivity contribution in [3.63, 3.8) is 0 Å². The predicted octanol–water partition coefficient (Wildman–Crippen LogP) is 2.29. The number of benzene rings is 1. The zero-order valence-corrected chi connectivity index (χ0v) is 19.3. The lowest BCUT2D eigenvalue weighted by Crippen LogP contribution is -2.44. The van der Waals surface area contributed by atoms with E-state index in [1.165, 1.54) is 0 Å². The van der Waals surface area contributed by atoms with Gasteiger partial charge in [0.15, 0.2) is 15.8 Å². The number of hydrogen-bond donors (Lipinski definition) is 2. The molecule has 0 radical (unpaired) electrons. The maximum absolute atomic E-state index is 11.6. The second kappa shape index (κ2) is 10.4. The average Bonchev–Trinajstić information content (AvgIpc) is 3.21. The van der Waals surface area contributed by atoms with Crippen molar-refractivity contribution in [2.24, 2.45) is 4.99 Å². The van der Waals surface area contributed by atoms with Crippen molar-refractivity contribution in [1.29, 1.82) is 0 Å². The zero-order valence-electron chi connectivity index (χ0n) is 15.4. The molecule has 1 atom stereocenters. The first-order valence-electron chi connectivity index (χ1n) is 8.79. The standard InChI is InChI=1S/C17H22ClN5O3S.HI/c1-2-19-17(21-14-7-9-27(24,25)11-14)20-8-6-15-22-16(23-26-15)12-4-3-5-13(18)10-12;/h3-5,10,14H,2,6-9,11H2,1H3,(H2,19,20,21);1H. The largest absolute Gasteiger partial charge is 0.357 e. The topological polar surface area (TPSA) is 109 Å². The number of nitrogens with one attached hydrogen (secondary N) is 2. The number of aromatic nitrogens is 2. The van der Waals surface area contributed by atoms with Gasteiger partial charge in [0.05, 0.1) is 18.1 Å². The van der Waals surface area contributed by atoms with Gasteiger partial charge in [0.2, 0.25) is 11.7 Å². The van der Waals surface area contributed by atoms with Gasteiger partial charge in [0.25, 0.3) is 0 Å². The first-order chi connectivity index (χ1) is 12.9. The number of sulfone groups is 1. The maximum atomic E-state index is 11.6.